The third kappa shape index (κ3) is 3.53. The molecule has 1 saturated carbocycles. The van der Waals surface area contributed by atoms with Gasteiger partial charge < -0.3 is 32.3 Å². The van der Waals surface area contributed by atoms with Crippen molar-refractivity contribution in [1.82, 2.24) is 14.6 Å². The quantitative estimate of drug-likeness (QED) is 0.429. The van der Waals surface area contributed by atoms with Crippen molar-refractivity contribution in [2.45, 2.75) is 31.8 Å². The molecule has 2 amide bonds. The minimum absolute atomic E-state index is 0.0109. The summed E-state index contributed by atoms with van der Waals surface area (Å²) in [4.78, 5) is 38.2. The monoisotopic (exact) mass is 449 g/mol. The molecule has 1 aromatic heterocycles. The average Bonchev–Trinajstić information content (AvgIpc) is 3.51. The molecule has 2 aliphatic rings. The molecule has 3 atom stereocenters. The number of anilines is 1. The van der Waals surface area contributed by atoms with Gasteiger partial charge in [0.05, 0.1) is 12.5 Å². The fraction of sp³-hybridized carbons (Fsp3) is 0.550. The van der Waals surface area contributed by atoms with E-state index in [9.17, 15) is 14.4 Å². The zero-order valence-electron chi connectivity index (χ0n) is 18.0. The van der Waals surface area contributed by atoms with Crippen LogP contribution in [-0.4, -0.2) is 48.1 Å². The number of rotatable bonds is 6. The van der Waals surface area contributed by atoms with Gasteiger partial charge in [0.1, 0.15) is 11.2 Å². The Balaban J connectivity index is 1.82. The third-order valence-electron chi connectivity index (χ3n) is 6.45. The van der Waals surface area contributed by atoms with Crippen molar-refractivity contribution in [3.05, 3.63) is 32.7 Å². The van der Waals surface area contributed by atoms with E-state index in [1.165, 1.54) is 11.7 Å². The third-order valence-corrected chi connectivity index (χ3v) is 6.45. The van der Waals surface area contributed by atoms with E-state index in [0.717, 1.165) is 18.9 Å². The number of urea groups is 1. The average molecular weight is 449 g/mol. The molecule has 32 heavy (non-hydrogen) atoms. The van der Waals surface area contributed by atoms with Gasteiger partial charge in [-0.1, -0.05) is 6.92 Å². The van der Waals surface area contributed by atoms with Crippen molar-refractivity contribution in [2.75, 3.05) is 37.5 Å². The van der Waals surface area contributed by atoms with Gasteiger partial charge in [0.15, 0.2) is 11.6 Å². The fourth-order valence-electron chi connectivity index (χ4n) is 4.70. The van der Waals surface area contributed by atoms with Crippen LogP contribution < -0.4 is 43.5 Å². The first-order chi connectivity index (χ1) is 15.1. The van der Waals surface area contributed by atoms with Crippen molar-refractivity contribution in [1.29, 1.82) is 0 Å². The van der Waals surface area contributed by atoms with E-state index >= 15 is 4.39 Å². The Morgan fingerprint density at radius 2 is 2.03 bits per heavy atom. The molecular weight excluding hydrogens is 421 g/mol. The standard InChI is InChI=1S/C20H28FN7O4/c1-9-7-26(8-12(9)14(22)6-25-19(23)30)16-13(21)5-11-15(17(16)32-2)27(10-3-4-10)20(31)28(24)18(11)29/h5,9-10,12,14H,3-4,6-8,22,24H2,1-2H3,(H3,23,25,30)/t9-,12+,14+/m1/s1. The summed E-state index contributed by atoms with van der Waals surface area (Å²) in [5, 5.41) is 2.50. The highest BCUT2D eigenvalue weighted by Crippen LogP contribution is 2.44. The largest absolute Gasteiger partial charge is 0.492 e. The van der Waals surface area contributed by atoms with Gasteiger partial charge in [-0.2, -0.15) is 4.68 Å². The predicted octanol–water partition coefficient (Wildman–Crippen LogP) is -0.572. The van der Waals surface area contributed by atoms with Crippen LogP contribution in [0.2, 0.25) is 0 Å². The number of nitrogens with two attached hydrogens (primary N) is 3. The molecule has 0 radical (unpaired) electrons. The van der Waals surface area contributed by atoms with E-state index in [1.807, 2.05) is 11.8 Å². The number of fused-ring (bicyclic) bond motifs is 1. The van der Waals surface area contributed by atoms with E-state index < -0.39 is 23.1 Å². The molecule has 1 aliphatic heterocycles. The van der Waals surface area contributed by atoms with E-state index in [-0.39, 0.29) is 52.8 Å². The lowest BCUT2D eigenvalue weighted by Gasteiger charge is -2.25. The summed E-state index contributed by atoms with van der Waals surface area (Å²) in [6.45, 7) is 3.08. The second-order valence-electron chi connectivity index (χ2n) is 8.65. The number of nitrogen functional groups attached to an aromatic ring is 1. The molecule has 0 spiro atoms. The molecule has 2 heterocycles. The lowest BCUT2D eigenvalue weighted by molar-refractivity contribution is 0.246. The van der Waals surface area contributed by atoms with Crippen molar-refractivity contribution >= 4 is 22.6 Å². The molecule has 0 bridgehead atoms. The van der Waals surface area contributed by atoms with Crippen LogP contribution in [-0.2, 0) is 0 Å². The molecule has 0 unspecified atom stereocenters. The van der Waals surface area contributed by atoms with Gasteiger partial charge in [-0.05, 0) is 30.7 Å². The first kappa shape index (κ1) is 21.9. The maximum Gasteiger partial charge on any atom is 0.350 e. The summed E-state index contributed by atoms with van der Waals surface area (Å²) < 4.78 is 22.9. The van der Waals surface area contributed by atoms with Crippen LogP contribution in [0, 0.1) is 17.7 Å². The van der Waals surface area contributed by atoms with E-state index in [0.29, 0.717) is 17.8 Å². The minimum atomic E-state index is -0.780. The molecule has 1 saturated heterocycles. The number of ether oxygens (including phenoxy) is 1. The van der Waals surface area contributed by atoms with Crippen molar-refractivity contribution in [3.8, 4) is 5.75 Å². The zero-order valence-corrected chi connectivity index (χ0v) is 18.0. The lowest BCUT2D eigenvalue weighted by Crippen LogP contribution is -2.46. The number of methoxy groups -OCH3 is 1. The van der Waals surface area contributed by atoms with Crippen molar-refractivity contribution in [2.24, 2.45) is 23.3 Å². The lowest BCUT2D eigenvalue weighted by atomic mass is 9.91. The number of halogens is 1. The van der Waals surface area contributed by atoms with Gasteiger partial charge in [0.2, 0.25) is 0 Å². The van der Waals surface area contributed by atoms with Crippen LogP contribution in [0.1, 0.15) is 25.8 Å². The van der Waals surface area contributed by atoms with Gasteiger partial charge in [-0.15, -0.1) is 0 Å². The highest BCUT2D eigenvalue weighted by molar-refractivity contribution is 5.91. The second kappa shape index (κ2) is 8.01. The molecule has 2 aromatic rings. The summed E-state index contributed by atoms with van der Waals surface area (Å²) in [7, 11) is 1.38. The molecule has 174 valence electrons. The Labute approximate surface area is 182 Å². The van der Waals surface area contributed by atoms with Crippen LogP contribution in [0.25, 0.3) is 10.9 Å². The molecule has 4 rings (SSSR count). The first-order valence-corrected chi connectivity index (χ1v) is 10.5. The van der Waals surface area contributed by atoms with Crippen molar-refractivity contribution in [3.63, 3.8) is 0 Å². The normalized spacial score (nSPS) is 21.7. The number of carbonyl (C=O) groups is 1. The van der Waals surface area contributed by atoms with Crippen LogP contribution >= 0.6 is 0 Å². The number of aromatic nitrogens is 2. The Bertz CT molecular complexity index is 1190. The van der Waals surface area contributed by atoms with E-state index in [2.05, 4.69) is 5.32 Å². The highest BCUT2D eigenvalue weighted by atomic mass is 19.1. The number of nitrogens with zero attached hydrogens (tertiary/aromatic N) is 3. The van der Waals surface area contributed by atoms with Crippen molar-refractivity contribution < 1.29 is 13.9 Å². The van der Waals surface area contributed by atoms with Crippen LogP contribution in [0.3, 0.4) is 0 Å². The molecule has 12 heteroatoms. The van der Waals surface area contributed by atoms with Gasteiger partial charge >= 0.3 is 11.7 Å². The Morgan fingerprint density at radius 1 is 1.34 bits per heavy atom. The van der Waals surface area contributed by atoms with Crippen LogP contribution in [0.4, 0.5) is 14.9 Å². The first-order valence-electron chi connectivity index (χ1n) is 10.5. The molecular formula is C20H28FN7O4. The topological polar surface area (TPSA) is 164 Å². The summed E-state index contributed by atoms with van der Waals surface area (Å²) in [5.74, 6) is 5.19. The van der Waals surface area contributed by atoms with E-state index in [4.69, 9.17) is 22.0 Å². The number of nitrogens with one attached hydrogen (secondary N) is 1. The highest BCUT2D eigenvalue weighted by Gasteiger charge is 2.38. The number of amides is 2. The fourth-order valence-corrected chi connectivity index (χ4v) is 4.70. The molecule has 1 aromatic carbocycles. The summed E-state index contributed by atoms with van der Waals surface area (Å²) in [6.07, 6.45) is 1.52. The van der Waals surface area contributed by atoms with Gasteiger partial charge in [0, 0.05) is 31.7 Å². The Kier molecular flexibility index (Phi) is 5.49. The molecule has 1 aliphatic carbocycles. The summed E-state index contributed by atoms with van der Waals surface area (Å²) >= 11 is 0. The molecule has 11 nitrogen and oxygen atoms in total. The van der Waals surface area contributed by atoms with Gasteiger partial charge in [0.25, 0.3) is 5.56 Å². The number of benzene rings is 1. The maximum absolute atomic E-state index is 15.4. The summed E-state index contributed by atoms with van der Waals surface area (Å²) in [6, 6.07) is -0.0462. The molecule has 7 N–H and O–H groups in total. The van der Waals surface area contributed by atoms with E-state index in [1.54, 1.807) is 0 Å². The zero-order chi connectivity index (χ0) is 23.3. The Hall–Kier alpha value is -3.28. The molecule has 2 fully saturated rings. The second-order valence-corrected chi connectivity index (χ2v) is 8.65. The smallest absolute Gasteiger partial charge is 0.350 e. The van der Waals surface area contributed by atoms with Crippen LogP contribution in [0.15, 0.2) is 15.7 Å². The summed E-state index contributed by atoms with van der Waals surface area (Å²) in [5.41, 5.74) is 10.4. The maximum atomic E-state index is 15.4. The number of hydrogen-bond donors (Lipinski definition) is 4. The number of hydrogen-bond acceptors (Lipinski definition) is 7. The minimum Gasteiger partial charge on any atom is -0.492 e. The predicted molar refractivity (Wildman–Crippen MR) is 118 cm³/mol. The number of carbonyl (C=O) groups excluding carboxylic acids is 1. The van der Waals surface area contributed by atoms with Gasteiger partial charge in [-0.3, -0.25) is 9.36 Å². The SMILES string of the molecule is COc1c(N2C[C@H]([C@@H](N)CNC(N)=O)[C@H](C)C2)c(F)cc2c(=O)n(N)c(=O)n(C3CC3)c12. The Morgan fingerprint density at radius 3 is 2.62 bits per heavy atom. The number of primary amides is 1. The van der Waals surface area contributed by atoms with Crippen LogP contribution in [0.5, 0.6) is 5.75 Å². The van der Waals surface area contributed by atoms with Gasteiger partial charge in [-0.25, -0.2) is 14.0 Å².